The Morgan fingerprint density at radius 3 is 2.79 bits per heavy atom. The van der Waals surface area contributed by atoms with Crippen molar-refractivity contribution in [1.29, 1.82) is 0 Å². The summed E-state index contributed by atoms with van der Waals surface area (Å²) in [7, 11) is 1.76. The molecule has 5 nitrogen and oxygen atoms in total. The lowest BCUT2D eigenvalue weighted by Crippen LogP contribution is -2.50. The highest BCUT2D eigenvalue weighted by molar-refractivity contribution is 5.79. The first-order valence-electron chi connectivity index (χ1n) is 7.12. The van der Waals surface area contributed by atoms with Gasteiger partial charge in [0.05, 0.1) is 12.7 Å². The molecule has 1 aliphatic heterocycles. The van der Waals surface area contributed by atoms with Crippen LogP contribution in [0.25, 0.3) is 0 Å². The molecular formula is C14H28N2O3. The van der Waals surface area contributed by atoms with Crippen molar-refractivity contribution in [2.24, 2.45) is 11.7 Å². The summed E-state index contributed by atoms with van der Waals surface area (Å²) in [5.41, 5.74) is 5.12. The second-order valence-electron chi connectivity index (χ2n) is 5.73. The maximum absolute atomic E-state index is 11.7. The Hall–Kier alpha value is -0.650. The first kappa shape index (κ1) is 16.4. The van der Waals surface area contributed by atoms with Crippen LogP contribution in [0.2, 0.25) is 0 Å². The Morgan fingerprint density at radius 1 is 1.53 bits per heavy atom. The molecule has 2 N–H and O–H groups in total. The standard InChI is InChI=1S/C14H28N2O3/c1-5-19-13(17)14(3,15)7-9-16-8-6-11(2)12(10-16)18-4/h11-12H,5-10,15H2,1-4H3. The Kier molecular flexibility index (Phi) is 6.23. The molecule has 0 amide bonds. The molecular weight excluding hydrogens is 244 g/mol. The van der Waals surface area contributed by atoms with Gasteiger partial charge in [-0.3, -0.25) is 4.79 Å². The van der Waals surface area contributed by atoms with Crippen molar-refractivity contribution in [1.82, 2.24) is 4.90 Å². The predicted octanol–water partition coefficient (Wildman–Crippen LogP) is 1.01. The summed E-state index contributed by atoms with van der Waals surface area (Å²) in [4.78, 5) is 14.0. The fraction of sp³-hybridized carbons (Fsp3) is 0.929. The first-order valence-corrected chi connectivity index (χ1v) is 7.12. The van der Waals surface area contributed by atoms with Gasteiger partial charge in [0, 0.05) is 20.2 Å². The van der Waals surface area contributed by atoms with E-state index in [2.05, 4.69) is 11.8 Å². The van der Waals surface area contributed by atoms with Crippen LogP contribution in [0.15, 0.2) is 0 Å². The summed E-state index contributed by atoms with van der Waals surface area (Å²) in [6.45, 7) is 8.89. The van der Waals surface area contributed by atoms with E-state index in [9.17, 15) is 4.79 Å². The molecule has 112 valence electrons. The maximum atomic E-state index is 11.7. The van der Waals surface area contributed by atoms with Crippen molar-refractivity contribution in [3.63, 3.8) is 0 Å². The van der Waals surface area contributed by atoms with Crippen molar-refractivity contribution < 1.29 is 14.3 Å². The Morgan fingerprint density at radius 2 is 2.21 bits per heavy atom. The van der Waals surface area contributed by atoms with Crippen molar-refractivity contribution in [2.45, 2.75) is 45.3 Å². The van der Waals surface area contributed by atoms with E-state index in [0.29, 0.717) is 18.9 Å². The highest BCUT2D eigenvalue weighted by Gasteiger charge is 2.32. The van der Waals surface area contributed by atoms with Crippen molar-refractivity contribution >= 4 is 5.97 Å². The van der Waals surface area contributed by atoms with Crippen LogP contribution in [-0.4, -0.2) is 55.9 Å². The minimum absolute atomic E-state index is 0.278. The second-order valence-corrected chi connectivity index (χ2v) is 5.73. The van der Waals surface area contributed by atoms with E-state index in [1.54, 1.807) is 21.0 Å². The molecule has 1 saturated heterocycles. The average Bonchev–Trinajstić information content (AvgIpc) is 2.38. The van der Waals surface area contributed by atoms with Crippen molar-refractivity contribution in [3.05, 3.63) is 0 Å². The monoisotopic (exact) mass is 272 g/mol. The van der Waals surface area contributed by atoms with E-state index >= 15 is 0 Å². The molecule has 5 heteroatoms. The largest absolute Gasteiger partial charge is 0.465 e. The Balaban J connectivity index is 2.41. The van der Waals surface area contributed by atoms with E-state index in [-0.39, 0.29) is 12.1 Å². The molecule has 0 aliphatic carbocycles. The number of methoxy groups -OCH3 is 1. The minimum Gasteiger partial charge on any atom is -0.465 e. The van der Waals surface area contributed by atoms with Crippen LogP contribution in [0.5, 0.6) is 0 Å². The molecule has 0 bridgehead atoms. The summed E-state index contributed by atoms with van der Waals surface area (Å²) in [5.74, 6) is 0.277. The van der Waals surface area contributed by atoms with Gasteiger partial charge < -0.3 is 20.1 Å². The second kappa shape index (κ2) is 7.22. The molecule has 19 heavy (non-hydrogen) atoms. The zero-order chi connectivity index (χ0) is 14.5. The van der Waals surface area contributed by atoms with Crippen LogP contribution in [-0.2, 0) is 14.3 Å². The lowest BCUT2D eigenvalue weighted by atomic mass is 9.94. The molecule has 0 aromatic carbocycles. The molecule has 1 rings (SSSR count). The van der Waals surface area contributed by atoms with Gasteiger partial charge in [-0.2, -0.15) is 0 Å². The smallest absolute Gasteiger partial charge is 0.325 e. The molecule has 1 aliphatic rings. The number of esters is 1. The summed E-state index contributed by atoms with van der Waals surface area (Å²) >= 11 is 0. The number of ether oxygens (including phenoxy) is 2. The van der Waals surface area contributed by atoms with E-state index in [4.69, 9.17) is 15.2 Å². The van der Waals surface area contributed by atoms with Gasteiger partial charge in [-0.1, -0.05) is 6.92 Å². The molecule has 3 unspecified atom stereocenters. The van der Waals surface area contributed by atoms with E-state index in [1.807, 2.05) is 0 Å². The number of carbonyl (C=O) groups is 1. The molecule has 0 radical (unpaired) electrons. The number of carbonyl (C=O) groups excluding carboxylic acids is 1. The van der Waals surface area contributed by atoms with Crippen molar-refractivity contribution in [2.75, 3.05) is 33.4 Å². The lowest BCUT2D eigenvalue weighted by molar-refractivity contribution is -0.149. The highest BCUT2D eigenvalue weighted by atomic mass is 16.5. The number of piperidine rings is 1. The van der Waals surface area contributed by atoms with Gasteiger partial charge in [0.2, 0.25) is 0 Å². The maximum Gasteiger partial charge on any atom is 0.325 e. The fourth-order valence-electron chi connectivity index (χ4n) is 2.40. The highest BCUT2D eigenvalue weighted by Crippen LogP contribution is 2.20. The summed E-state index contributed by atoms with van der Waals surface area (Å²) in [6, 6.07) is 0. The lowest BCUT2D eigenvalue weighted by Gasteiger charge is -2.37. The summed E-state index contributed by atoms with van der Waals surface area (Å²) in [5, 5.41) is 0. The number of hydrogen-bond acceptors (Lipinski definition) is 5. The molecule has 0 aromatic rings. The third kappa shape index (κ3) is 4.75. The van der Waals surface area contributed by atoms with Gasteiger partial charge >= 0.3 is 5.97 Å². The van der Waals surface area contributed by atoms with Gasteiger partial charge in [0.1, 0.15) is 5.54 Å². The van der Waals surface area contributed by atoms with Crippen LogP contribution in [0.3, 0.4) is 0 Å². The summed E-state index contributed by atoms with van der Waals surface area (Å²) in [6.07, 6.45) is 2.01. The summed E-state index contributed by atoms with van der Waals surface area (Å²) < 4.78 is 10.5. The fourth-order valence-corrected chi connectivity index (χ4v) is 2.40. The number of rotatable bonds is 6. The number of nitrogens with two attached hydrogens (primary N) is 1. The zero-order valence-corrected chi connectivity index (χ0v) is 12.6. The predicted molar refractivity (Wildman–Crippen MR) is 74.9 cm³/mol. The van der Waals surface area contributed by atoms with Gasteiger partial charge in [0.25, 0.3) is 0 Å². The molecule has 3 atom stereocenters. The Bertz CT molecular complexity index is 294. The van der Waals surface area contributed by atoms with E-state index < -0.39 is 5.54 Å². The van der Waals surface area contributed by atoms with Gasteiger partial charge in [-0.15, -0.1) is 0 Å². The topological polar surface area (TPSA) is 64.8 Å². The van der Waals surface area contributed by atoms with E-state index in [1.165, 1.54) is 0 Å². The van der Waals surface area contributed by atoms with Crippen molar-refractivity contribution in [3.8, 4) is 0 Å². The molecule has 1 heterocycles. The van der Waals surface area contributed by atoms with E-state index in [0.717, 1.165) is 26.1 Å². The quantitative estimate of drug-likeness (QED) is 0.731. The zero-order valence-electron chi connectivity index (χ0n) is 12.6. The van der Waals surface area contributed by atoms with Gasteiger partial charge in [0.15, 0.2) is 0 Å². The number of hydrogen-bond donors (Lipinski definition) is 1. The van der Waals surface area contributed by atoms with Gasteiger partial charge in [-0.05, 0) is 39.2 Å². The van der Waals surface area contributed by atoms with Crippen LogP contribution < -0.4 is 5.73 Å². The molecule has 0 aromatic heterocycles. The normalized spacial score (nSPS) is 27.8. The number of likely N-dealkylation sites (tertiary alicyclic amines) is 1. The third-order valence-corrected chi connectivity index (χ3v) is 3.97. The van der Waals surface area contributed by atoms with Crippen LogP contribution in [0, 0.1) is 5.92 Å². The number of nitrogens with zero attached hydrogens (tertiary/aromatic N) is 1. The van der Waals surface area contributed by atoms with Crippen LogP contribution in [0.4, 0.5) is 0 Å². The van der Waals surface area contributed by atoms with Crippen LogP contribution in [0.1, 0.15) is 33.6 Å². The molecule has 1 fully saturated rings. The average molecular weight is 272 g/mol. The first-order chi connectivity index (χ1) is 8.90. The van der Waals surface area contributed by atoms with Crippen LogP contribution >= 0.6 is 0 Å². The Labute approximate surface area is 116 Å². The SMILES string of the molecule is CCOC(=O)C(C)(N)CCN1CCC(C)C(OC)C1. The molecule has 0 spiro atoms. The molecule has 0 saturated carbocycles. The minimum atomic E-state index is -0.901. The van der Waals surface area contributed by atoms with Gasteiger partial charge in [-0.25, -0.2) is 0 Å². The third-order valence-electron chi connectivity index (χ3n) is 3.97.